The van der Waals surface area contributed by atoms with Gasteiger partial charge < -0.3 is 14.8 Å². The van der Waals surface area contributed by atoms with Gasteiger partial charge in [-0.25, -0.2) is 0 Å². The molecule has 3 aromatic carbocycles. The number of hydrogen-bond donors (Lipinski definition) is 2. The molecule has 2 N–H and O–H groups in total. The molecule has 3 aromatic rings. The summed E-state index contributed by atoms with van der Waals surface area (Å²) in [6.45, 7) is 0.0396. The van der Waals surface area contributed by atoms with Crippen molar-refractivity contribution in [3.05, 3.63) is 90.0 Å². The zero-order valence-corrected chi connectivity index (χ0v) is 14.9. The van der Waals surface area contributed by atoms with Gasteiger partial charge in [-0.1, -0.05) is 48.5 Å². The van der Waals surface area contributed by atoms with Gasteiger partial charge in [0.05, 0.1) is 12.8 Å². The van der Waals surface area contributed by atoms with Gasteiger partial charge in [-0.2, -0.15) is 0 Å². The number of carbonyl (C=O) groups excluding carboxylic acids is 1. The zero-order chi connectivity index (χ0) is 19.1. The van der Waals surface area contributed by atoms with Crippen LogP contribution >= 0.6 is 0 Å². The molecule has 5 nitrogen and oxygen atoms in total. The molecule has 0 spiro atoms. The fourth-order valence-corrected chi connectivity index (χ4v) is 2.59. The summed E-state index contributed by atoms with van der Waals surface area (Å²) in [5.41, 5.74) is 2.44. The molecule has 0 aliphatic rings. The number of benzene rings is 3. The summed E-state index contributed by atoms with van der Waals surface area (Å²) in [5.74, 6) is 1.03. The predicted molar refractivity (Wildman–Crippen MR) is 106 cm³/mol. The number of carbonyl (C=O) groups is 1. The SMILES string of the molecule is COC(=O)CNc1ccccc1C(=N)c1cccc(Oc2ccccc2)c1. The maximum atomic E-state index is 11.4. The molecule has 0 atom stereocenters. The van der Waals surface area contributed by atoms with Gasteiger partial charge in [-0.05, 0) is 30.3 Å². The molecule has 3 rings (SSSR count). The molecular weight excluding hydrogens is 340 g/mol. The van der Waals surface area contributed by atoms with Crippen molar-refractivity contribution < 1.29 is 14.3 Å². The molecule has 0 fully saturated rings. The number of anilines is 1. The number of para-hydroxylation sites is 2. The van der Waals surface area contributed by atoms with Gasteiger partial charge in [-0.15, -0.1) is 0 Å². The highest BCUT2D eigenvalue weighted by Crippen LogP contribution is 2.25. The second kappa shape index (κ2) is 8.67. The lowest BCUT2D eigenvalue weighted by Crippen LogP contribution is -2.17. The topological polar surface area (TPSA) is 71.4 Å². The lowest BCUT2D eigenvalue weighted by Gasteiger charge is -2.13. The quantitative estimate of drug-likeness (QED) is 0.481. The number of hydrogen-bond acceptors (Lipinski definition) is 5. The van der Waals surface area contributed by atoms with E-state index in [-0.39, 0.29) is 12.5 Å². The minimum atomic E-state index is -0.366. The van der Waals surface area contributed by atoms with Gasteiger partial charge >= 0.3 is 5.97 Å². The van der Waals surface area contributed by atoms with Gasteiger partial charge in [0.1, 0.15) is 18.0 Å². The number of rotatable bonds is 7. The largest absolute Gasteiger partial charge is 0.468 e. The van der Waals surface area contributed by atoms with Crippen LogP contribution in [0.25, 0.3) is 0 Å². The van der Waals surface area contributed by atoms with Crippen molar-refractivity contribution in [2.45, 2.75) is 0 Å². The van der Waals surface area contributed by atoms with Crippen molar-refractivity contribution in [2.75, 3.05) is 19.0 Å². The number of nitrogens with one attached hydrogen (secondary N) is 2. The van der Waals surface area contributed by atoms with E-state index in [1.807, 2.05) is 78.9 Å². The highest BCUT2D eigenvalue weighted by atomic mass is 16.5. The van der Waals surface area contributed by atoms with E-state index >= 15 is 0 Å². The zero-order valence-electron chi connectivity index (χ0n) is 14.9. The minimum absolute atomic E-state index is 0.0396. The van der Waals surface area contributed by atoms with Crippen molar-refractivity contribution in [1.29, 1.82) is 5.41 Å². The van der Waals surface area contributed by atoms with Crippen LogP contribution < -0.4 is 10.1 Å². The summed E-state index contributed by atoms with van der Waals surface area (Å²) >= 11 is 0. The van der Waals surface area contributed by atoms with E-state index in [0.29, 0.717) is 22.7 Å². The van der Waals surface area contributed by atoms with Crippen molar-refractivity contribution >= 4 is 17.4 Å². The van der Waals surface area contributed by atoms with E-state index in [1.54, 1.807) is 0 Å². The molecule has 0 heterocycles. The summed E-state index contributed by atoms with van der Waals surface area (Å²) in [5, 5.41) is 11.6. The average Bonchev–Trinajstić information content (AvgIpc) is 2.72. The summed E-state index contributed by atoms with van der Waals surface area (Å²) < 4.78 is 10.5. The third kappa shape index (κ3) is 4.73. The molecule has 0 saturated heterocycles. The van der Waals surface area contributed by atoms with Crippen molar-refractivity contribution in [1.82, 2.24) is 0 Å². The van der Waals surface area contributed by atoms with Crippen molar-refractivity contribution in [3.8, 4) is 11.5 Å². The Morgan fingerprint density at radius 2 is 1.63 bits per heavy atom. The number of esters is 1. The van der Waals surface area contributed by atoms with Gasteiger partial charge in [0.2, 0.25) is 0 Å². The Balaban J connectivity index is 1.82. The molecule has 27 heavy (non-hydrogen) atoms. The van der Waals surface area contributed by atoms with Crippen LogP contribution in [0.2, 0.25) is 0 Å². The number of methoxy groups -OCH3 is 1. The van der Waals surface area contributed by atoms with Gasteiger partial charge in [-0.3, -0.25) is 10.2 Å². The fourth-order valence-electron chi connectivity index (χ4n) is 2.59. The summed E-state index contributed by atoms with van der Waals surface area (Å²) in [4.78, 5) is 11.4. The molecule has 0 unspecified atom stereocenters. The van der Waals surface area contributed by atoms with Gasteiger partial charge in [0.15, 0.2) is 0 Å². The van der Waals surface area contributed by atoms with Crippen LogP contribution in [0.3, 0.4) is 0 Å². The average molecular weight is 360 g/mol. The molecule has 0 bridgehead atoms. The van der Waals surface area contributed by atoms with E-state index in [1.165, 1.54) is 7.11 Å². The second-order valence-electron chi connectivity index (χ2n) is 5.79. The lowest BCUT2D eigenvalue weighted by atomic mass is 10.0. The minimum Gasteiger partial charge on any atom is -0.468 e. The first-order valence-electron chi connectivity index (χ1n) is 8.49. The first kappa shape index (κ1) is 18.2. The normalized spacial score (nSPS) is 10.1. The molecule has 0 saturated carbocycles. The first-order valence-corrected chi connectivity index (χ1v) is 8.49. The van der Waals surface area contributed by atoms with Crippen molar-refractivity contribution in [2.24, 2.45) is 0 Å². The lowest BCUT2D eigenvalue weighted by molar-refractivity contribution is -0.138. The Morgan fingerprint density at radius 1 is 0.926 bits per heavy atom. The molecule has 0 aliphatic heterocycles. The van der Waals surface area contributed by atoms with E-state index in [9.17, 15) is 4.79 Å². The Morgan fingerprint density at radius 3 is 2.41 bits per heavy atom. The van der Waals surface area contributed by atoms with Crippen LogP contribution in [-0.4, -0.2) is 25.3 Å². The molecule has 0 radical (unpaired) electrons. The molecule has 0 aromatic heterocycles. The maximum Gasteiger partial charge on any atom is 0.325 e. The van der Waals surface area contributed by atoms with Crippen LogP contribution in [-0.2, 0) is 9.53 Å². The fraction of sp³-hybridized carbons (Fsp3) is 0.0909. The van der Waals surface area contributed by atoms with Crippen LogP contribution in [0.4, 0.5) is 5.69 Å². The van der Waals surface area contributed by atoms with E-state index in [0.717, 1.165) is 11.3 Å². The predicted octanol–water partition coefficient (Wildman–Crippen LogP) is 4.48. The monoisotopic (exact) mass is 360 g/mol. The van der Waals surface area contributed by atoms with Crippen LogP contribution in [0.15, 0.2) is 78.9 Å². The van der Waals surface area contributed by atoms with Crippen LogP contribution in [0.5, 0.6) is 11.5 Å². The van der Waals surface area contributed by atoms with Crippen molar-refractivity contribution in [3.63, 3.8) is 0 Å². The van der Waals surface area contributed by atoms with Gasteiger partial charge in [0.25, 0.3) is 0 Å². The van der Waals surface area contributed by atoms with Crippen LogP contribution in [0.1, 0.15) is 11.1 Å². The molecule has 0 amide bonds. The first-order chi connectivity index (χ1) is 13.2. The highest BCUT2D eigenvalue weighted by molar-refractivity contribution is 6.14. The Kier molecular flexibility index (Phi) is 5.84. The maximum absolute atomic E-state index is 11.4. The van der Waals surface area contributed by atoms with E-state index < -0.39 is 0 Å². The third-order valence-corrected chi connectivity index (χ3v) is 3.95. The Labute approximate surface area is 158 Å². The highest BCUT2D eigenvalue weighted by Gasteiger charge is 2.12. The Hall–Kier alpha value is -3.60. The second-order valence-corrected chi connectivity index (χ2v) is 5.79. The summed E-state index contributed by atoms with van der Waals surface area (Å²) in [6, 6.07) is 24.3. The summed E-state index contributed by atoms with van der Waals surface area (Å²) in [6.07, 6.45) is 0. The smallest absolute Gasteiger partial charge is 0.325 e. The Bertz CT molecular complexity index is 939. The molecule has 0 aliphatic carbocycles. The molecular formula is C22H20N2O3. The standard InChI is InChI=1S/C22H20N2O3/c1-26-21(25)15-24-20-13-6-5-12-19(20)22(23)16-8-7-11-18(14-16)27-17-9-3-2-4-10-17/h2-14,23-24H,15H2,1H3. The molecule has 5 heteroatoms. The van der Waals surface area contributed by atoms with E-state index in [4.69, 9.17) is 10.1 Å². The van der Waals surface area contributed by atoms with E-state index in [2.05, 4.69) is 10.1 Å². The third-order valence-electron chi connectivity index (χ3n) is 3.95. The summed E-state index contributed by atoms with van der Waals surface area (Å²) in [7, 11) is 1.34. The number of ether oxygens (including phenoxy) is 2. The molecule has 136 valence electrons. The van der Waals surface area contributed by atoms with Gasteiger partial charge in [0, 0.05) is 16.8 Å². The van der Waals surface area contributed by atoms with Crippen LogP contribution in [0, 0.1) is 5.41 Å².